The Balaban J connectivity index is 2.76. The van der Waals surface area contributed by atoms with Crippen molar-refractivity contribution in [1.29, 1.82) is 5.26 Å². The van der Waals surface area contributed by atoms with Crippen molar-refractivity contribution in [2.24, 2.45) is 10.8 Å². The zero-order valence-corrected chi connectivity index (χ0v) is 10.5. The van der Waals surface area contributed by atoms with Crippen molar-refractivity contribution in [3.05, 3.63) is 27.8 Å². The summed E-state index contributed by atoms with van der Waals surface area (Å²) in [6.07, 6.45) is 0. The molecule has 4 nitrogen and oxygen atoms in total. The van der Waals surface area contributed by atoms with E-state index in [4.69, 9.17) is 11.0 Å². The van der Waals surface area contributed by atoms with Crippen molar-refractivity contribution in [2.75, 3.05) is 5.43 Å². The third kappa shape index (κ3) is 3.81. The molecular formula is C9H7IN4S. The maximum Gasteiger partial charge on any atom is 0.194 e. The number of benzene rings is 1. The van der Waals surface area contributed by atoms with Gasteiger partial charge < -0.3 is 5.73 Å². The molecule has 1 rings (SSSR count). The van der Waals surface area contributed by atoms with Gasteiger partial charge >= 0.3 is 0 Å². The molecule has 1 aromatic rings. The first-order chi connectivity index (χ1) is 7.13. The standard InChI is InChI=1S/C9H7IN4S/c10-6-1-3-7(4-2-6)13-14-8(5-11)9(12)15/h1-4,13H,(H2,12,15)/b14-8+. The van der Waals surface area contributed by atoms with Gasteiger partial charge in [-0.05, 0) is 46.9 Å². The second kappa shape index (κ2) is 5.63. The predicted octanol–water partition coefficient (Wildman–Crippen LogP) is 1.87. The fraction of sp³-hybridized carbons (Fsp3) is 0. The Kier molecular flexibility index (Phi) is 4.45. The fourth-order valence-electron chi connectivity index (χ4n) is 0.780. The van der Waals surface area contributed by atoms with Gasteiger partial charge in [-0.25, -0.2) is 0 Å². The summed E-state index contributed by atoms with van der Waals surface area (Å²) in [5.41, 5.74) is 8.77. The molecule has 0 aliphatic heterocycles. The molecule has 0 spiro atoms. The quantitative estimate of drug-likeness (QED) is 0.384. The van der Waals surface area contributed by atoms with E-state index in [9.17, 15) is 0 Å². The van der Waals surface area contributed by atoms with Gasteiger partial charge in [-0.15, -0.1) is 0 Å². The highest BCUT2D eigenvalue weighted by Gasteiger charge is 2.00. The lowest BCUT2D eigenvalue weighted by Crippen LogP contribution is -2.20. The lowest BCUT2D eigenvalue weighted by Gasteiger charge is -2.00. The van der Waals surface area contributed by atoms with Crippen LogP contribution in [0.25, 0.3) is 0 Å². The summed E-state index contributed by atoms with van der Waals surface area (Å²) in [6, 6.07) is 9.34. The number of thiocarbonyl (C=S) groups is 1. The fourth-order valence-corrected chi connectivity index (χ4v) is 1.23. The van der Waals surface area contributed by atoms with E-state index in [0.29, 0.717) is 0 Å². The molecular weight excluding hydrogens is 323 g/mol. The topological polar surface area (TPSA) is 74.2 Å². The molecule has 0 aromatic heterocycles. The van der Waals surface area contributed by atoms with Crippen LogP contribution in [0.3, 0.4) is 0 Å². The summed E-state index contributed by atoms with van der Waals surface area (Å²) in [5.74, 6) is 0. The van der Waals surface area contributed by atoms with Gasteiger partial charge in [0.2, 0.25) is 0 Å². The van der Waals surface area contributed by atoms with Crippen LogP contribution < -0.4 is 11.2 Å². The number of nitriles is 1. The molecule has 0 heterocycles. The van der Waals surface area contributed by atoms with Gasteiger partial charge in [0.1, 0.15) is 11.1 Å². The van der Waals surface area contributed by atoms with Gasteiger partial charge in [-0.3, -0.25) is 5.43 Å². The molecule has 0 amide bonds. The zero-order chi connectivity index (χ0) is 11.3. The highest BCUT2D eigenvalue weighted by atomic mass is 127. The molecule has 0 unspecified atom stereocenters. The summed E-state index contributed by atoms with van der Waals surface area (Å²) in [5, 5.41) is 12.4. The Morgan fingerprint density at radius 2 is 2.07 bits per heavy atom. The Hall–Kier alpha value is -1.20. The maximum atomic E-state index is 8.63. The molecule has 15 heavy (non-hydrogen) atoms. The molecule has 0 aliphatic rings. The van der Waals surface area contributed by atoms with Crippen molar-refractivity contribution in [1.82, 2.24) is 0 Å². The predicted molar refractivity (Wildman–Crippen MR) is 72.6 cm³/mol. The Morgan fingerprint density at radius 1 is 1.47 bits per heavy atom. The van der Waals surface area contributed by atoms with Crippen LogP contribution in [0.2, 0.25) is 0 Å². The minimum absolute atomic E-state index is 0.0172. The van der Waals surface area contributed by atoms with Crippen LogP contribution >= 0.6 is 34.8 Å². The molecule has 0 saturated heterocycles. The summed E-state index contributed by atoms with van der Waals surface area (Å²) < 4.78 is 1.12. The number of nitrogens with one attached hydrogen (secondary N) is 1. The first-order valence-corrected chi connectivity index (χ1v) is 5.41. The van der Waals surface area contributed by atoms with Gasteiger partial charge in [-0.1, -0.05) is 12.2 Å². The summed E-state index contributed by atoms with van der Waals surface area (Å²) >= 11 is 6.84. The van der Waals surface area contributed by atoms with Crippen molar-refractivity contribution in [3.8, 4) is 6.07 Å². The van der Waals surface area contributed by atoms with E-state index in [1.54, 1.807) is 6.07 Å². The molecule has 0 fully saturated rings. The highest BCUT2D eigenvalue weighted by Crippen LogP contribution is 2.10. The lowest BCUT2D eigenvalue weighted by molar-refractivity contribution is 1.34. The van der Waals surface area contributed by atoms with Gasteiger partial charge in [-0.2, -0.15) is 10.4 Å². The van der Waals surface area contributed by atoms with Crippen LogP contribution in [0.1, 0.15) is 0 Å². The lowest BCUT2D eigenvalue weighted by atomic mass is 10.3. The number of hydrogen-bond donors (Lipinski definition) is 2. The Morgan fingerprint density at radius 3 is 2.53 bits per heavy atom. The molecule has 76 valence electrons. The van der Waals surface area contributed by atoms with E-state index in [2.05, 4.69) is 45.3 Å². The molecule has 0 aliphatic carbocycles. The zero-order valence-electron chi connectivity index (χ0n) is 7.57. The van der Waals surface area contributed by atoms with E-state index >= 15 is 0 Å². The second-order valence-corrected chi connectivity index (χ2v) is 4.24. The number of hydrogen-bond acceptors (Lipinski definition) is 4. The highest BCUT2D eigenvalue weighted by molar-refractivity contribution is 14.1. The average molecular weight is 330 g/mol. The van der Waals surface area contributed by atoms with E-state index in [1.807, 2.05) is 24.3 Å². The molecule has 0 atom stereocenters. The van der Waals surface area contributed by atoms with Gasteiger partial charge in [0.15, 0.2) is 5.71 Å². The average Bonchev–Trinajstić information content (AvgIpc) is 2.21. The largest absolute Gasteiger partial charge is 0.387 e. The minimum atomic E-state index is -0.0180. The number of nitrogens with zero attached hydrogens (tertiary/aromatic N) is 2. The molecule has 1 aromatic carbocycles. The van der Waals surface area contributed by atoms with Crippen molar-refractivity contribution >= 4 is 51.2 Å². The molecule has 0 saturated carbocycles. The smallest absolute Gasteiger partial charge is 0.194 e. The Labute approximate surface area is 106 Å². The number of hydrazone groups is 1. The van der Waals surface area contributed by atoms with Crippen LogP contribution in [0, 0.1) is 14.9 Å². The normalized spacial score (nSPS) is 10.5. The summed E-state index contributed by atoms with van der Waals surface area (Å²) in [4.78, 5) is -0.0180. The molecule has 0 radical (unpaired) electrons. The second-order valence-electron chi connectivity index (χ2n) is 2.56. The van der Waals surface area contributed by atoms with Gasteiger partial charge in [0.25, 0.3) is 0 Å². The Bertz CT molecular complexity index is 432. The molecule has 6 heteroatoms. The summed E-state index contributed by atoms with van der Waals surface area (Å²) in [6.45, 7) is 0. The van der Waals surface area contributed by atoms with E-state index in [0.717, 1.165) is 9.26 Å². The van der Waals surface area contributed by atoms with E-state index < -0.39 is 0 Å². The SMILES string of the molecule is N#C/C(=N\Nc1ccc(I)cc1)C(N)=S. The van der Waals surface area contributed by atoms with Crippen molar-refractivity contribution in [2.45, 2.75) is 0 Å². The van der Waals surface area contributed by atoms with Crippen LogP contribution in [-0.4, -0.2) is 10.7 Å². The first-order valence-electron chi connectivity index (χ1n) is 3.92. The summed E-state index contributed by atoms with van der Waals surface area (Å²) in [7, 11) is 0. The molecule has 3 N–H and O–H groups in total. The third-order valence-corrected chi connectivity index (χ3v) is 2.39. The van der Waals surface area contributed by atoms with Gasteiger partial charge in [0, 0.05) is 3.57 Å². The maximum absolute atomic E-state index is 8.63. The monoisotopic (exact) mass is 330 g/mol. The van der Waals surface area contributed by atoms with E-state index in [-0.39, 0.29) is 10.7 Å². The first kappa shape index (κ1) is 11.9. The number of halogens is 1. The van der Waals surface area contributed by atoms with Crippen LogP contribution in [0.5, 0.6) is 0 Å². The van der Waals surface area contributed by atoms with Crippen molar-refractivity contribution < 1.29 is 0 Å². The van der Waals surface area contributed by atoms with Gasteiger partial charge in [0.05, 0.1) is 5.69 Å². The third-order valence-electron chi connectivity index (χ3n) is 1.48. The molecule has 0 bridgehead atoms. The van der Waals surface area contributed by atoms with Crippen LogP contribution in [-0.2, 0) is 0 Å². The van der Waals surface area contributed by atoms with Crippen LogP contribution in [0.4, 0.5) is 5.69 Å². The number of rotatable bonds is 3. The van der Waals surface area contributed by atoms with Crippen LogP contribution in [0.15, 0.2) is 29.4 Å². The number of nitrogens with two attached hydrogens (primary N) is 1. The number of anilines is 1. The minimum Gasteiger partial charge on any atom is -0.387 e. The van der Waals surface area contributed by atoms with E-state index in [1.165, 1.54) is 0 Å². The van der Waals surface area contributed by atoms with Crippen molar-refractivity contribution in [3.63, 3.8) is 0 Å².